The molecule has 0 saturated carbocycles. The summed E-state index contributed by atoms with van der Waals surface area (Å²) in [7, 11) is 2.06. The topological polar surface area (TPSA) is 29.5 Å². The minimum atomic E-state index is 0.0496. The summed E-state index contributed by atoms with van der Waals surface area (Å²) < 4.78 is 5.38. The van der Waals surface area contributed by atoms with Crippen LogP contribution in [0.4, 0.5) is 0 Å². The molecule has 0 aliphatic carbocycles. The molecule has 1 aliphatic rings. The minimum Gasteiger partial charge on any atom is -0.380 e. The van der Waals surface area contributed by atoms with Gasteiger partial charge in [-0.3, -0.25) is 4.79 Å². The fourth-order valence-corrected chi connectivity index (χ4v) is 2.41. The van der Waals surface area contributed by atoms with Crippen LogP contribution in [0.3, 0.4) is 0 Å². The van der Waals surface area contributed by atoms with Gasteiger partial charge in [0.25, 0.3) is 0 Å². The predicted octanol–water partition coefficient (Wildman–Crippen LogP) is 2.03. The summed E-state index contributed by atoms with van der Waals surface area (Å²) in [6.45, 7) is 4.94. The van der Waals surface area contributed by atoms with Crippen molar-refractivity contribution in [2.75, 3.05) is 26.8 Å². The molecule has 0 radical (unpaired) electrons. The third kappa shape index (κ3) is 3.65. The molecular weight excluding hydrogens is 226 g/mol. The molecule has 1 atom stereocenters. The average Bonchev–Trinajstić information content (AvgIpc) is 2.32. The number of rotatable bonds is 4. The molecule has 3 nitrogen and oxygen atoms in total. The largest absolute Gasteiger partial charge is 0.380 e. The van der Waals surface area contributed by atoms with Crippen molar-refractivity contribution in [1.29, 1.82) is 0 Å². The minimum absolute atomic E-state index is 0.0496. The molecule has 1 unspecified atom stereocenters. The monoisotopic (exact) mass is 247 g/mol. The van der Waals surface area contributed by atoms with Crippen LogP contribution in [0, 0.1) is 12.8 Å². The number of ether oxygens (including phenoxy) is 1. The molecule has 98 valence electrons. The molecule has 1 heterocycles. The van der Waals surface area contributed by atoms with E-state index in [4.69, 9.17) is 4.74 Å². The molecule has 1 aromatic carbocycles. The smallest absolute Gasteiger partial charge is 0.141 e. The fraction of sp³-hybridized carbons (Fsp3) is 0.533. The molecule has 0 spiro atoms. The Balaban J connectivity index is 1.88. The number of carbonyl (C=O) groups is 1. The van der Waals surface area contributed by atoms with Crippen molar-refractivity contribution in [1.82, 2.24) is 4.90 Å². The molecular formula is C15H21NO2. The van der Waals surface area contributed by atoms with Crippen molar-refractivity contribution in [3.8, 4) is 0 Å². The van der Waals surface area contributed by atoms with E-state index in [0.717, 1.165) is 13.1 Å². The number of hydrogen-bond acceptors (Lipinski definition) is 3. The van der Waals surface area contributed by atoms with E-state index in [-0.39, 0.29) is 5.92 Å². The van der Waals surface area contributed by atoms with E-state index in [9.17, 15) is 4.79 Å². The molecule has 0 aromatic heterocycles. The van der Waals surface area contributed by atoms with Gasteiger partial charge in [0.15, 0.2) is 0 Å². The molecule has 1 aliphatic heterocycles. The van der Waals surface area contributed by atoms with Gasteiger partial charge < -0.3 is 9.64 Å². The lowest BCUT2D eigenvalue weighted by Crippen LogP contribution is -2.36. The second-order valence-corrected chi connectivity index (χ2v) is 5.17. The van der Waals surface area contributed by atoms with E-state index >= 15 is 0 Å². The lowest BCUT2D eigenvalue weighted by Gasteiger charge is -2.26. The number of hydrogen-bond donors (Lipinski definition) is 0. The lowest BCUT2D eigenvalue weighted by atomic mass is 10.00. The van der Waals surface area contributed by atoms with Crippen LogP contribution < -0.4 is 0 Å². The number of aryl methyl sites for hydroxylation is 1. The van der Waals surface area contributed by atoms with E-state index in [2.05, 4.69) is 43.1 Å². The average molecular weight is 247 g/mol. The van der Waals surface area contributed by atoms with Crippen LogP contribution >= 0.6 is 0 Å². The molecule has 0 N–H and O–H groups in total. The molecule has 0 bridgehead atoms. The second kappa shape index (κ2) is 6.12. The van der Waals surface area contributed by atoms with Crippen molar-refractivity contribution in [3.05, 3.63) is 35.4 Å². The van der Waals surface area contributed by atoms with Crippen molar-refractivity contribution >= 4 is 5.78 Å². The number of Topliss-reactive ketones (excluding diaryl/α,β-unsaturated/α-hetero) is 1. The Bertz CT molecular complexity index is 417. The summed E-state index contributed by atoms with van der Waals surface area (Å²) in [5.74, 6) is 0.394. The molecule has 0 amide bonds. The number of nitrogens with zero attached hydrogens (tertiary/aromatic N) is 1. The Labute approximate surface area is 109 Å². The zero-order valence-corrected chi connectivity index (χ0v) is 11.2. The number of ketones is 1. The van der Waals surface area contributed by atoms with Crippen LogP contribution in [0.2, 0.25) is 0 Å². The maximum Gasteiger partial charge on any atom is 0.141 e. The first kappa shape index (κ1) is 13.2. The van der Waals surface area contributed by atoms with Gasteiger partial charge in [0.2, 0.25) is 0 Å². The van der Waals surface area contributed by atoms with Gasteiger partial charge in [-0.1, -0.05) is 29.8 Å². The maximum atomic E-state index is 11.7. The lowest BCUT2D eigenvalue weighted by molar-refractivity contribution is -0.131. The van der Waals surface area contributed by atoms with Gasteiger partial charge in [-0.05, 0) is 19.5 Å². The highest BCUT2D eigenvalue weighted by atomic mass is 16.5. The zero-order chi connectivity index (χ0) is 13.0. The van der Waals surface area contributed by atoms with Crippen LogP contribution in [-0.2, 0) is 16.1 Å². The van der Waals surface area contributed by atoms with Crippen LogP contribution in [0.5, 0.6) is 0 Å². The van der Waals surface area contributed by atoms with Gasteiger partial charge in [-0.15, -0.1) is 0 Å². The Morgan fingerprint density at radius 2 is 2.28 bits per heavy atom. The van der Waals surface area contributed by atoms with Crippen molar-refractivity contribution in [2.45, 2.75) is 19.9 Å². The third-order valence-corrected chi connectivity index (χ3v) is 3.33. The summed E-state index contributed by atoms with van der Waals surface area (Å²) in [6.07, 6.45) is 0.572. The summed E-state index contributed by atoms with van der Waals surface area (Å²) in [4.78, 5) is 13.9. The Morgan fingerprint density at radius 3 is 3.00 bits per heavy atom. The molecule has 1 aromatic rings. The van der Waals surface area contributed by atoms with Crippen LogP contribution in [0.1, 0.15) is 17.5 Å². The maximum absolute atomic E-state index is 11.7. The summed E-state index contributed by atoms with van der Waals surface area (Å²) in [5, 5.41) is 0. The van der Waals surface area contributed by atoms with Gasteiger partial charge >= 0.3 is 0 Å². The van der Waals surface area contributed by atoms with Crippen molar-refractivity contribution < 1.29 is 9.53 Å². The molecule has 2 rings (SSSR count). The standard InChI is InChI=1S/C15H21NO2/c1-12-4-3-5-13(8-12)9-16(2)10-14-11-18-7-6-15(14)17/h3-5,8,14H,6-7,9-11H2,1-2H3. The highest BCUT2D eigenvalue weighted by molar-refractivity contribution is 5.82. The Kier molecular flexibility index (Phi) is 4.50. The quantitative estimate of drug-likeness (QED) is 0.815. The van der Waals surface area contributed by atoms with Crippen molar-refractivity contribution in [2.24, 2.45) is 5.92 Å². The number of carbonyl (C=O) groups excluding carboxylic acids is 1. The molecule has 3 heteroatoms. The fourth-order valence-electron chi connectivity index (χ4n) is 2.41. The normalized spacial score (nSPS) is 20.4. The third-order valence-electron chi connectivity index (χ3n) is 3.33. The summed E-state index contributed by atoms with van der Waals surface area (Å²) >= 11 is 0. The van der Waals surface area contributed by atoms with Gasteiger partial charge in [-0.25, -0.2) is 0 Å². The Hall–Kier alpha value is -1.19. The molecule has 1 saturated heterocycles. The van der Waals surface area contributed by atoms with Gasteiger partial charge in [0.05, 0.1) is 19.1 Å². The van der Waals surface area contributed by atoms with Crippen LogP contribution in [0.15, 0.2) is 24.3 Å². The van der Waals surface area contributed by atoms with Gasteiger partial charge in [-0.2, -0.15) is 0 Å². The van der Waals surface area contributed by atoms with Crippen LogP contribution in [0.25, 0.3) is 0 Å². The second-order valence-electron chi connectivity index (χ2n) is 5.17. The first-order valence-electron chi connectivity index (χ1n) is 6.49. The number of benzene rings is 1. The Morgan fingerprint density at radius 1 is 1.44 bits per heavy atom. The van der Waals surface area contributed by atoms with E-state index in [1.54, 1.807) is 0 Å². The van der Waals surface area contributed by atoms with Crippen molar-refractivity contribution in [3.63, 3.8) is 0 Å². The first-order chi connectivity index (χ1) is 8.65. The van der Waals surface area contributed by atoms with Crippen LogP contribution in [-0.4, -0.2) is 37.5 Å². The molecule has 1 fully saturated rings. The zero-order valence-electron chi connectivity index (χ0n) is 11.2. The van der Waals surface area contributed by atoms with Gasteiger partial charge in [0.1, 0.15) is 5.78 Å². The van der Waals surface area contributed by atoms with Gasteiger partial charge in [0, 0.05) is 19.5 Å². The molecule has 18 heavy (non-hydrogen) atoms. The summed E-state index contributed by atoms with van der Waals surface area (Å²) in [5.41, 5.74) is 2.57. The predicted molar refractivity (Wildman–Crippen MR) is 71.4 cm³/mol. The van der Waals surface area contributed by atoms with E-state index in [0.29, 0.717) is 25.4 Å². The van der Waals surface area contributed by atoms with E-state index in [1.807, 2.05) is 0 Å². The highest BCUT2D eigenvalue weighted by Crippen LogP contribution is 2.13. The highest BCUT2D eigenvalue weighted by Gasteiger charge is 2.23. The summed E-state index contributed by atoms with van der Waals surface area (Å²) in [6, 6.07) is 8.49. The van der Waals surface area contributed by atoms with E-state index in [1.165, 1.54) is 11.1 Å². The van der Waals surface area contributed by atoms with E-state index < -0.39 is 0 Å². The SMILES string of the molecule is Cc1cccc(CN(C)CC2COCCC2=O)c1. The first-order valence-corrected chi connectivity index (χ1v) is 6.49.